The second kappa shape index (κ2) is 7.32. The lowest BCUT2D eigenvalue weighted by Gasteiger charge is -2.34. The molecular formula is C17H15Cl2N5O3S. The van der Waals surface area contributed by atoms with Gasteiger partial charge in [0.05, 0.1) is 20.5 Å². The van der Waals surface area contributed by atoms with Crippen LogP contribution in [0.25, 0.3) is 5.65 Å². The number of carbonyl (C=O) groups is 1. The highest BCUT2D eigenvalue weighted by Crippen LogP contribution is 2.27. The maximum Gasteiger partial charge on any atom is 0.255 e. The van der Waals surface area contributed by atoms with Gasteiger partial charge in [-0.25, -0.2) is 8.42 Å². The molecule has 3 heterocycles. The van der Waals surface area contributed by atoms with Crippen molar-refractivity contribution >= 4 is 44.8 Å². The minimum atomic E-state index is -3.70. The standard InChI is InChI=1S/C17H15Cl2N5O3S/c18-14-3-2-13(9-15(14)19)28(26,27)24-7-5-22(6-8-24)17(25)12-1-4-16-21-20-11-23(16)10-12/h1-4,9-11H,5-8H2. The summed E-state index contributed by atoms with van der Waals surface area (Å²) in [5.74, 6) is -0.165. The lowest BCUT2D eigenvalue weighted by atomic mass is 10.2. The fourth-order valence-corrected chi connectivity index (χ4v) is 4.87. The van der Waals surface area contributed by atoms with Crippen molar-refractivity contribution in [3.8, 4) is 0 Å². The number of rotatable bonds is 3. The molecule has 0 bridgehead atoms. The molecule has 2 aromatic heterocycles. The second-order valence-corrected chi connectivity index (χ2v) is 9.04. The van der Waals surface area contributed by atoms with Crippen molar-refractivity contribution < 1.29 is 13.2 Å². The van der Waals surface area contributed by atoms with Gasteiger partial charge in [-0.15, -0.1) is 10.2 Å². The van der Waals surface area contributed by atoms with Gasteiger partial charge in [-0.05, 0) is 30.3 Å². The molecule has 0 aliphatic carbocycles. The SMILES string of the molecule is O=C(c1ccc2nncn2c1)N1CCN(S(=O)(=O)c2ccc(Cl)c(Cl)c2)CC1. The number of fused-ring (bicyclic) bond motifs is 1. The van der Waals surface area contributed by atoms with Gasteiger partial charge in [-0.3, -0.25) is 9.20 Å². The molecule has 4 rings (SSSR count). The molecule has 1 fully saturated rings. The van der Waals surface area contributed by atoms with Crippen molar-refractivity contribution in [2.45, 2.75) is 4.90 Å². The van der Waals surface area contributed by atoms with Crippen molar-refractivity contribution in [3.63, 3.8) is 0 Å². The summed E-state index contributed by atoms with van der Waals surface area (Å²) in [5.41, 5.74) is 1.14. The van der Waals surface area contributed by atoms with Crippen LogP contribution in [0.3, 0.4) is 0 Å². The summed E-state index contributed by atoms with van der Waals surface area (Å²) in [7, 11) is -3.70. The smallest absolute Gasteiger partial charge is 0.255 e. The number of piperazine rings is 1. The Morgan fingerprint density at radius 2 is 1.75 bits per heavy atom. The first-order valence-electron chi connectivity index (χ1n) is 8.40. The highest BCUT2D eigenvalue weighted by molar-refractivity contribution is 7.89. The van der Waals surface area contributed by atoms with Crippen LogP contribution in [0.15, 0.2) is 47.8 Å². The first kappa shape index (κ1) is 19.1. The van der Waals surface area contributed by atoms with Crippen LogP contribution in [0, 0.1) is 0 Å². The number of hydrogen-bond donors (Lipinski definition) is 0. The molecule has 0 unspecified atom stereocenters. The summed E-state index contributed by atoms with van der Waals surface area (Å²) >= 11 is 11.8. The Bertz CT molecular complexity index is 1160. The fraction of sp³-hybridized carbons (Fsp3) is 0.235. The molecule has 1 saturated heterocycles. The Morgan fingerprint density at radius 3 is 2.46 bits per heavy atom. The third-order valence-electron chi connectivity index (χ3n) is 4.59. The molecule has 0 atom stereocenters. The summed E-state index contributed by atoms with van der Waals surface area (Å²) in [5, 5.41) is 8.17. The number of aromatic nitrogens is 3. The van der Waals surface area contributed by atoms with Crippen LogP contribution < -0.4 is 0 Å². The Morgan fingerprint density at radius 1 is 1.00 bits per heavy atom. The molecule has 1 aliphatic heterocycles. The number of sulfonamides is 1. The molecule has 1 aromatic carbocycles. The molecule has 1 amide bonds. The topological polar surface area (TPSA) is 87.9 Å². The third kappa shape index (κ3) is 3.46. The number of carbonyl (C=O) groups excluding carboxylic acids is 1. The van der Waals surface area contributed by atoms with E-state index in [-0.39, 0.29) is 28.9 Å². The van der Waals surface area contributed by atoms with Crippen molar-refractivity contribution in [2.75, 3.05) is 26.2 Å². The van der Waals surface area contributed by atoms with E-state index in [2.05, 4.69) is 10.2 Å². The third-order valence-corrected chi connectivity index (χ3v) is 7.23. The number of halogens is 2. The fourth-order valence-electron chi connectivity index (χ4n) is 3.05. The zero-order chi connectivity index (χ0) is 19.9. The average molecular weight is 440 g/mol. The molecular weight excluding hydrogens is 425 g/mol. The lowest BCUT2D eigenvalue weighted by Crippen LogP contribution is -2.50. The van der Waals surface area contributed by atoms with Crippen molar-refractivity contribution in [2.24, 2.45) is 0 Å². The summed E-state index contributed by atoms with van der Waals surface area (Å²) in [6.45, 7) is 0.978. The van der Waals surface area contributed by atoms with Crippen LogP contribution in [0.4, 0.5) is 0 Å². The van der Waals surface area contributed by atoms with Crippen LogP contribution in [0.1, 0.15) is 10.4 Å². The average Bonchev–Trinajstić information content (AvgIpc) is 3.17. The van der Waals surface area contributed by atoms with Gasteiger partial charge in [-0.1, -0.05) is 23.2 Å². The van der Waals surface area contributed by atoms with E-state index in [1.165, 1.54) is 28.8 Å². The Hall–Kier alpha value is -2.20. The minimum absolute atomic E-state index is 0.0831. The van der Waals surface area contributed by atoms with Gasteiger partial charge in [0.1, 0.15) is 6.33 Å². The maximum absolute atomic E-state index is 12.8. The molecule has 0 saturated carbocycles. The summed E-state index contributed by atoms with van der Waals surface area (Å²) in [6.07, 6.45) is 3.18. The van der Waals surface area contributed by atoms with Gasteiger partial charge in [0.25, 0.3) is 5.91 Å². The van der Waals surface area contributed by atoms with Crippen LogP contribution in [0.2, 0.25) is 10.0 Å². The molecule has 8 nitrogen and oxygen atoms in total. The largest absolute Gasteiger partial charge is 0.336 e. The summed E-state index contributed by atoms with van der Waals surface area (Å²) < 4.78 is 28.6. The molecule has 1 aliphatic rings. The van der Waals surface area contributed by atoms with Crippen LogP contribution in [-0.2, 0) is 10.0 Å². The molecule has 0 radical (unpaired) electrons. The Labute approximate surface area is 171 Å². The minimum Gasteiger partial charge on any atom is -0.336 e. The van der Waals surface area contributed by atoms with Gasteiger partial charge >= 0.3 is 0 Å². The number of pyridine rings is 1. The highest BCUT2D eigenvalue weighted by atomic mass is 35.5. The number of benzene rings is 1. The van der Waals surface area contributed by atoms with Crippen molar-refractivity contribution in [3.05, 3.63) is 58.5 Å². The summed E-state index contributed by atoms with van der Waals surface area (Å²) in [6, 6.07) is 7.62. The predicted molar refractivity (Wildman–Crippen MR) is 104 cm³/mol. The van der Waals surface area contributed by atoms with Crippen molar-refractivity contribution in [1.82, 2.24) is 23.8 Å². The Kier molecular flexibility index (Phi) is 5.00. The zero-order valence-corrected chi connectivity index (χ0v) is 16.8. The zero-order valence-electron chi connectivity index (χ0n) is 14.5. The summed E-state index contributed by atoms with van der Waals surface area (Å²) in [4.78, 5) is 14.5. The van der Waals surface area contributed by atoms with E-state index in [0.29, 0.717) is 29.3 Å². The van der Waals surface area contributed by atoms with Gasteiger partial charge in [0.15, 0.2) is 5.65 Å². The van der Waals surface area contributed by atoms with E-state index in [1.807, 2.05) is 0 Å². The number of nitrogens with zero attached hydrogens (tertiary/aromatic N) is 5. The number of amides is 1. The molecule has 28 heavy (non-hydrogen) atoms. The first-order chi connectivity index (χ1) is 13.4. The predicted octanol–water partition coefficient (Wildman–Crippen LogP) is 2.18. The van der Waals surface area contributed by atoms with E-state index in [4.69, 9.17) is 23.2 Å². The molecule has 3 aromatic rings. The van der Waals surface area contributed by atoms with Gasteiger partial charge in [0.2, 0.25) is 10.0 Å². The molecule has 146 valence electrons. The van der Waals surface area contributed by atoms with E-state index in [9.17, 15) is 13.2 Å². The molecule has 0 spiro atoms. The molecule has 0 N–H and O–H groups in total. The van der Waals surface area contributed by atoms with Crippen molar-refractivity contribution in [1.29, 1.82) is 0 Å². The van der Waals surface area contributed by atoms with Crippen LogP contribution in [-0.4, -0.2) is 64.3 Å². The highest BCUT2D eigenvalue weighted by Gasteiger charge is 2.30. The second-order valence-electron chi connectivity index (χ2n) is 6.29. The van der Waals surface area contributed by atoms with E-state index in [0.717, 1.165) is 0 Å². The quantitative estimate of drug-likeness (QED) is 0.623. The lowest BCUT2D eigenvalue weighted by molar-refractivity contribution is 0.0697. The van der Waals surface area contributed by atoms with Crippen LogP contribution >= 0.6 is 23.2 Å². The Balaban J connectivity index is 1.47. The van der Waals surface area contributed by atoms with Gasteiger partial charge in [0, 0.05) is 32.4 Å². The number of hydrogen-bond acceptors (Lipinski definition) is 5. The first-order valence-corrected chi connectivity index (χ1v) is 10.6. The van der Waals surface area contributed by atoms with E-state index < -0.39 is 10.0 Å². The molecule has 11 heteroatoms. The maximum atomic E-state index is 12.8. The monoisotopic (exact) mass is 439 g/mol. The van der Waals surface area contributed by atoms with Gasteiger partial charge < -0.3 is 4.90 Å². The normalized spacial score (nSPS) is 15.9. The van der Waals surface area contributed by atoms with Gasteiger partial charge in [-0.2, -0.15) is 4.31 Å². The van der Waals surface area contributed by atoms with E-state index >= 15 is 0 Å². The van der Waals surface area contributed by atoms with Crippen LogP contribution in [0.5, 0.6) is 0 Å². The van der Waals surface area contributed by atoms with E-state index in [1.54, 1.807) is 27.6 Å².